The number of carboxylic acid groups (broad SMARTS) is 1. The molecule has 2 heterocycles. The summed E-state index contributed by atoms with van der Waals surface area (Å²) in [6.07, 6.45) is 1.33. The van der Waals surface area contributed by atoms with Gasteiger partial charge in [-0.2, -0.15) is 0 Å². The molecule has 7 heteroatoms. The lowest BCUT2D eigenvalue weighted by Crippen LogP contribution is -2.04. The first kappa shape index (κ1) is 17.7. The maximum atomic E-state index is 10.9. The summed E-state index contributed by atoms with van der Waals surface area (Å²) in [6.45, 7) is 1.14. The fourth-order valence-electron chi connectivity index (χ4n) is 2.83. The monoisotopic (exact) mass is 378 g/mol. The SMILES string of the molecule is O=C(O)c1ccc(NCc2cccc(OCc3cccc4c3OCO4)c2)nc1. The van der Waals surface area contributed by atoms with E-state index in [4.69, 9.17) is 19.3 Å². The Bertz CT molecular complexity index is 988. The van der Waals surface area contributed by atoms with Gasteiger partial charge in [0.2, 0.25) is 6.79 Å². The first-order chi connectivity index (χ1) is 13.7. The normalized spacial score (nSPS) is 11.9. The van der Waals surface area contributed by atoms with Gasteiger partial charge in [0.05, 0.1) is 5.56 Å². The maximum Gasteiger partial charge on any atom is 0.337 e. The Labute approximate surface area is 161 Å². The number of nitrogens with one attached hydrogen (secondary N) is 1. The largest absolute Gasteiger partial charge is 0.489 e. The van der Waals surface area contributed by atoms with E-state index >= 15 is 0 Å². The van der Waals surface area contributed by atoms with Crippen LogP contribution in [0.25, 0.3) is 0 Å². The van der Waals surface area contributed by atoms with Crippen LogP contribution in [-0.4, -0.2) is 22.9 Å². The quantitative estimate of drug-likeness (QED) is 0.648. The van der Waals surface area contributed by atoms with Crippen LogP contribution in [0, 0.1) is 0 Å². The molecule has 7 nitrogen and oxygen atoms in total. The van der Waals surface area contributed by atoms with Gasteiger partial charge in [0, 0.05) is 18.3 Å². The molecule has 1 aliphatic rings. The second-order valence-electron chi connectivity index (χ2n) is 6.18. The van der Waals surface area contributed by atoms with Crippen molar-refractivity contribution >= 4 is 11.8 Å². The van der Waals surface area contributed by atoms with Gasteiger partial charge in [-0.15, -0.1) is 0 Å². The van der Waals surface area contributed by atoms with Gasteiger partial charge in [0.1, 0.15) is 18.2 Å². The molecule has 2 aromatic carbocycles. The van der Waals surface area contributed by atoms with E-state index in [1.165, 1.54) is 12.3 Å². The highest BCUT2D eigenvalue weighted by Crippen LogP contribution is 2.35. The fraction of sp³-hybridized carbons (Fsp3) is 0.143. The summed E-state index contributed by atoms with van der Waals surface area (Å²) in [4.78, 5) is 15.0. The molecular weight excluding hydrogens is 360 g/mol. The Hall–Kier alpha value is -3.74. The zero-order valence-corrected chi connectivity index (χ0v) is 14.9. The molecule has 28 heavy (non-hydrogen) atoms. The number of para-hydroxylation sites is 1. The number of carbonyl (C=O) groups is 1. The van der Waals surface area contributed by atoms with Crippen LogP contribution in [0.5, 0.6) is 17.2 Å². The van der Waals surface area contributed by atoms with Crippen LogP contribution in [0.2, 0.25) is 0 Å². The molecule has 0 bridgehead atoms. The number of rotatable bonds is 7. The molecule has 4 rings (SSSR count). The minimum absolute atomic E-state index is 0.155. The van der Waals surface area contributed by atoms with Gasteiger partial charge < -0.3 is 24.6 Å². The molecule has 0 atom stereocenters. The van der Waals surface area contributed by atoms with E-state index in [0.717, 1.165) is 28.4 Å². The molecule has 0 radical (unpaired) electrons. The molecule has 142 valence electrons. The Morgan fingerprint density at radius 3 is 2.86 bits per heavy atom. The van der Waals surface area contributed by atoms with Crippen molar-refractivity contribution < 1.29 is 24.1 Å². The number of fused-ring (bicyclic) bond motifs is 1. The highest BCUT2D eigenvalue weighted by Gasteiger charge is 2.17. The number of carboxylic acids is 1. The summed E-state index contributed by atoms with van der Waals surface area (Å²) in [7, 11) is 0. The fourth-order valence-corrected chi connectivity index (χ4v) is 2.83. The molecule has 3 aromatic rings. The molecular formula is C21H18N2O5. The van der Waals surface area contributed by atoms with Crippen LogP contribution in [0.3, 0.4) is 0 Å². The highest BCUT2D eigenvalue weighted by atomic mass is 16.7. The summed E-state index contributed by atoms with van der Waals surface area (Å²) in [6, 6.07) is 16.6. The Morgan fingerprint density at radius 2 is 2.04 bits per heavy atom. The van der Waals surface area contributed by atoms with Crippen molar-refractivity contribution in [1.82, 2.24) is 4.98 Å². The average Bonchev–Trinajstić information content (AvgIpc) is 3.21. The second-order valence-corrected chi connectivity index (χ2v) is 6.18. The van der Waals surface area contributed by atoms with Gasteiger partial charge in [-0.25, -0.2) is 9.78 Å². The second kappa shape index (κ2) is 7.87. The molecule has 0 amide bonds. The Balaban J connectivity index is 1.37. The molecule has 0 saturated heterocycles. The standard InChI is InChI=1S/C21H18N2O5/c24-21(25)15-7-8-19(23-11-15)22-10-14-3-1-5-17(9-14)26-12-16-4-2-6-18-20(16)28-13-27-18/h1-9,11H,10,12-13H2,(H,22,23)(H,24,25). The van der Waals surface area contributed by atoms with E-state index in [1.807, 2.05) is 42.5 Å². The zero-order chi connectivity index (χ0) is 19.3. The van der Waals surface area contributed by atoms with Crippen LogP contribution >= 0.6 is 0 Å². The molecule has 2 N–H and O–H groups in total. The van der Waals surface area contributed by atoms with Crippen LogP contribution in [0.1, 0.15) is 21.5 Å². The van der Waals surface area contributed by atoms with E-state index in [-0.39, 0.29) is 12.4 Å². The lowest BCUT2D eigenvalue weighted by atomic mass is 10.2. The van der Waals surface area contributed by atoms with E-state index in [9.17, 15) is 4.79 Å². The third kappa shape index (κ3) is 3.98. The number of nitrogens with zero attached hydrogens (tertiary/aromatic N) is 1. The van der Waals surface area contributed by atoms with E-state index < -0.39 is 5.97 Å². The highest BCUT2D eigenvalue weighted by molar-refractivity contribution is 5.87. The predicted molar refractivity (Wildman–Crippen MR) is 102 cm³/mol. The Morgan fingerprint density at radius 1 is 1.14 bits per heavy atom. The third-order valence-electron chi connectivity index (χ3n) is 4.25. The molecule has 1 aliphatic heterocycles. The number of aromatic nitrogens is 1. The van der Waals surface area contributed by atoms with Gasteiger partial charge in [0.15, 0.2) is 11.5 Å². The minimum atomic E-state index is -0.995. The van der Waals surface area contributed by atoms with Crippen molar-refractivity contribution in [3.8, 4) is 17.2 Å². The molecule has 1 aromatic heterocycles. The maximum absolute atomic E-state index is 10.9. The molecule has 0 unspecified atom stereocenters. The van der Waals surface area contributed by atoms with Crippen molar-refractivity contribution in [2.75, 3.05) is 12.1 Å². The molecule has 0 spiro atoms. The van der Waals surface area contributed by atoms with Crippen molar-refractivity contribution in [2.24, 2.45) is 0 Å². The summed E-state index contributed by atoms with van der Waals surface area (Å²) < 4.78 is 16.8. The number of anilines is 1. The molecule has 0 saturated carbocycles. The van der Waals surface area contributed by atoms with Crippen molar-refractivity contribution in [2.45, 2.75) is 13.2 Å². The number of hydrogen-bond acceptors (Lipinski definition) is 6. The van der Waals surface area contributed by atoms with E-state index in [2.05, 4.69) is 10.3 Å². The summed E-state index contributed by atoms with van der Waals surface area (Å²) in [5.41, 5.74) is 2.10. The first-order valence-electron chi connectivity index (χ1n) is 8.71. The van der Waals surface area contributed by atoms with Crippen molar-refractivity contribution in [3.63, 3.8) is 0 Å². The number of aromatic carboxylic acids is 1. The van der Waals surface area contributed by atoms with Gasteiger partial charge in [-0.3, -0.25) is 0 Å². The van der Waals surface area contributed by atoms with E-state index in [0.29, 0.717) is 19.0 Å². The number of ether oxygens (including phenoxy) is 3. The predicted octanol–water partition coefficient (Wildman–Crippen LogP) is 3.70. The topological polar surface area (TPSA) is 89.9 Å². The van der Waals surface area contributed by atoms with Crippen molar-refractivity contribution in [1.29, 1.82) is 0 Å². The van der Waals surface area contributed by atoms with Crippen LogP contribution in [-0.2, 0) is 13.2 Å². The summed E-state index contributed by atoms with van der Waals surface area (Å²) in [5.74, 6) is 1.82. The van der Waals surface area contributed by atoms with E-state index in [1.54, 1.807) is 6.07 Å². The first-order valence-corrected chi connectivity index (χ1v) is 8.71. The third-order valence-corrected chi connectivity index (χ3v) is 4.25. The van der Waals surface area contributed by atoms with Gasteiger partial charge >= 0.3 is 5.97 Å². The average molecular weight is 378 g/mol. The lowest BCUT2D eigenvalue weighted by molar-refractivity contribution is 0.0696. The van der Waals surface area contributed by atoms with Crippen LogP contribution in [0.15, 0.2) is 60.8 Å². The number of benzene rings is 2. The smallest absolute Gasteiger partial charge is 0.337 e. The number of hydrogen-bond donors (Lipinski definition) is 2. The van der Waals surface area contributed by atoms with Gasteiger partial charge in [0.25, 0.3) is 0 Å². The van der Waals surface area contributed by atoms with Gasteiger partial charge in [-0.05, 0) is 35.9 Å². The van der Waals surface area contributed by atoms with Gasteiger partial charge in [-0.1, -0.05) is 24.3 Å². The van der Waals surface area contributed by atoms with Crippen molar-refractivity contribution in [3.05, 3.63) is 77.5 Å². The zero-order valence-electron chi connectivity index (χ0n) is 14.9. The number of pyridine rings is 1. The summed E-state index contributed by atoms with van der Waals surface area (Å²) >= 11 is 0. The molecule has 0 aliphatic carbocycles. The molecule has 0 fully saturated rings. The minimum Gasteiger partial charge on any atom is -0.489 e. The summed E-state index contributed by atoms with van der Waals surface area (Å²) in [5, 5.41) is 12.1. The lowest BCUT2D eigenvalue weighted by Gasteiger charge is -2.11. The Kier molecular flexibility index (Phi) is 4.97. The van der Waals surface area contributed by atoms with Crippen LogP contribution < -0.4 is 19.5 Å². The van der Waals surface area contributed by atoms with Crippen LogP contribution in [0.4, 0.5) is 5.82 Å².